The van der Waals surface area contributed by atoms with Gasteiger partial charge in [0.05, 0.1) is 12.0 Å². The molecule has 3 heteroatoms. The van der Waals surface area contributed by atoms with Crippen molar-refractivity contribution in [1.82, 2.24) is 0 Å². The zero-order valence-corrected chi connectivity index (χ0v) is 9.71. The predicted molar refractivity (Wildman–Crippen MR) is 63.4 cm³/mol. The SMILES string of the molecule is CC(C)(O)CCc1ccc2c(c1)CC(=O)N2. The highest BCUT2D eigenvalue weighted by Gasteiger charge is 2.18. The van der Waals surface area contributed by atoms with Gasteiger partial charge in [0.25, 0.3) is 0 Å². The number of amides is 1. The Bertz CT molecular complexity index is 418. The van der Waals surface area contributed by atoms with Crippen molar-refractivity contribution in [1.29, 1.82) is 0 Å². The Labute approximate surface area is 95.5 Å². The summed E-state index contributed by atoms with van der Waals surface area (Å²) < 4.78 is 0. The quantitative estimate of drug-likeness (QED) is 0.815. The molecule has 0 aromatic heterocycles. The van der Waals surface area contributed by atoms with Crippen molar-refractivity contribution < 1.29 is 9.90 Å². The van der Waals surface area contributed by atoms with E-state index in [9.17, 15) is 9.90 Å². The molecule has 0 aliphatic carbocycles. The van der Waals surface area contributed by atoms with Gasteiger partial charge < -0.3 is 10.4 Å². The van der Waals surface area contributed by atoms with Gasteiger partial charge in [-0.05, 0) is 43.9 Å². The summed E-state index contributed by atoms with van der Waals surface area (Å²) >= 11 is 0. The summed E-state index contributed by atoms with van der Waals surface area (Å²) in [5.41, 5.74) is 2.54. The molecule has 16 heavy (non-hydrogen) atoms. The second-order valence-electron chi connectivity index (χ2n) is 5.03. The van der Waals surface area contributed by atoms with Crippen molar-refractivity contribution in [2.24, 2.45) is 0 Å². The molecule has 2 N–H and O–H groups in total. The van der Waals surface area contributed by atoms with Gasteiger partial charge in [-0.2, -0.15) is 0 Å². The molecule has 1 aromatic rings. The molecule has 1 heterocycles. The van der Waals surface area contributed by atoms with Crippen LogP contribution in [0.25, 0.3) is 0 Å². The molecule has 1 amide bonds. The number of aryl methyl sites for hydroxylation is 1. The summed E-state index contributed by atoms with van der Waals surface area (Å²) in [5.74, 6) is 0.0645. The van der Waals surface area contributed by atoms with Gasteiger partial charge in [-0.3, -0.25) is 4.79 Å². The molecular formula is C13H17NO2. The first-order chi connectivity index (χ1) is 7.44. The van der Waals surface area contributed by atoms with Gasteiger partial charge >= 0.3 is 0 Å². The summed E-state index contributed by atoms with van der Waals surface area (Å²) in [6.07, 6.45) is 2.05. The highest BCUT2D eigenvalue weighted by Crippen LogP contribution is 2.25. The average molecular weight is 219 g/mol. The minimum Gasteiger partial charge on any atom is -0.390 e. The molecule has 0 atom stereocenters. The third-order valence-electron chi connectivity index (χ3n) is 2.82. The summed E-state index contributed by atoms with van der Waals surface area (Å²) in [6, 6.07) is 6.01. The number of benzene rings is 1. The third-order valence-corrected chi connectivity index (χ3v) is 2.82. The summed E-state index contributed by atoms with van der Waals surface area (Å²) in [7, 11) is 0. The normalized spacial score (nSPS) is 14.8. The number of fused-ring (bicyclic) bond motifs is 1. The molecule has 0 bridgehead atoms. The van der Waals surface area contributed by atoms with Crippen LogP contribution in [-0.4, -0.2) is 16.6 Å². The molecule has 0 fully saturated rings. The van der Waals surface area contributed by atoms with Crippen LogP contribution in [0, 0.1) is 0 Å². The minimum absolute atomic E-state index is 0.0645. The van der Waals surface area contributed by atoms with Gasteiger partial charge in [0.2, 0.25) is 5.91 Å². The fraction of sp³-hybridized carbons (Fsp3) is 0.462. The lowest BCUT2D eigenvalue weighted by atomic mass is 9.97. The Morgan fingerprint density at radius 3 is 2.88 bits per heavy atom. The van der Waals surface area contributed by atoms with E-state index in [2.05, 4.69) is 11.4 Å². The van der Waals surface area contributed by atoms with E-state index >= 15 is 0 Å². The first-order valence-corrected chi connectivity index (χ1v) is 5.58. The number of carbonyl (C=O) groups excluding carboxylic acids is 1. The first-order valence-electron chi connectivity index (χ1n) is 5.58. The molecule has 0 saturated heterocycles. The van der Waals surface area contributed by atoms with E-state index in [-0.39, 0.29) is 5.91 Å². The van der Waals surface area contributed by atoms with Crippen LogP contribution in [-0.2, 0) is 17.6 Å². The molecule has 0 radical (unpaired) electrons. The molecule has 1 aliphatic rings. The lowest BCUT2D eigenvalue weighted by molar-refractivity contribution is -0.115. The maximum absolute atomic E-state index is 11.2. The fourth-order valence-corrected chi connectivity index (χ4v) is 1.89. The fourth-order valence-electron chi connectivity index (χ4n) is 1.89. The number of hydrogen-bond acceptors (Lipinski definition) is 2. The van der Waals surface area contributed by atoms with Gasteiger partial charge in [-0.15, -0.1) is 0 Å². The number of carbonyl (C=O) groups is 1. The third kappa shape index (κ3) is 2.61. The molecule has 3 nitrogen and oxygen atoms in total. The van der Waals surface area contributed by atoms with Crippen LogP contribution in [0.5, 0.6) is 0 Å². The highest BCUT2D eigenvalue weighted by molar-refractivity contribution is 5.99. The first kappa shape index (κ1) is 11.1. The molecule has 1 aromatic carbocycles. The minimum atomic E-state index is -0.632. The van der Waals surface area contributed by atoms with Crippen molar-refractivity contribution >= 4 is 11.6 Å². The smallest absolute Gasteiger partial charge is 0.228 e. The second-order valence-corrected chi connectivity index (χ2v) is 5.03. The average Bonchev–Trinajstić information content (AvgIpc) is 2.52. The van der Waals surface area contributed by atoms with Crippen molar-refractivity contribution in [2.75, 3.05) is 5.32 Å². The summed E-state index contributed by atoms with van der Waals surface area (Å²) in [6.45, 7) is 3.62. The van der Waals surface area contributed by atoms with Crippen LogP contribution in [0.4, 0.5) is 5.69 Å². The van der Waals surface area contributed by atoms with E-state index in [1.165, 1.54) is 5.56 Å². The van der Waals surface area contributed by atoms with Gasteiger partial charge in [-0.1, -0.05) is 12.1 Å². The summed E-state index contributed by atoms with van der Waals surface area (Å²) in [4.78, 5) is 11.2. The van der Waals surface area contributed by atoms with E-state index in [0.29, 0.717) is 6.42 Å². The molecule has 2 rings (SSSR count). The van der Waals surface area contributed by atoms with Crippen LogP contribution in [0.3, 0.4) is 0 Å². The Morgan fingerprint density at radius 1 is 1.44 bits per heavy atom. The highest BCUT2D eigenvalue weighted by atomic mass is 16.3. The van der Waals surface area contributed by atoms with Crippen LogP contribution in [0.15, 0.2) is 18.2 Å². The Hall–Kier alpha value is -1.35. The molecular weight excluding hydrogens is 202 g/mol. The van der Waals surface area contributed by atoms with Crippen LogP contribution < -0.4 is 5.32 Å². The predicted octanol–water partition coefficient (Wildman–Crippen LogP) is 1.88. The molecule has 0 spiro atoms. The Balaban J connectivity index is 2.08. The number of rotatable bonds is 3. The number of hydrogen-bond donors (Lipinski definition) is 2. The lowest BCUT2D eigenvalue weighted by Crippen LogP contribution is -2.19. The van der Waals surface area contributed by atoms with Crippen molar-refractivity contribution in [2.45, 2.75) is 38.7 Å². The van der Waals surface area contributed by atoms with E-state index in [1.54, 1.807) is 0 Å². The number of anilines is 1. The van der Waals surface area contributed by atoms with Gasteiger partial charge in [-0.25, -0.2) is 0 Å². The maximum Gasteiger partial charge on any atom is 0.228 e. The van der Waals surface area contributed by atoms with Gasteiger partial charge in [0.15, 0.2) is 0 Å². The van der Waals surface area contributed by atoms with Crippen LogP contribution in [0.1, 0.15) is 31.4 Å². The van der Waals surface area contributed by atoms with E-state index in [1.807, 2.05) is 26.0 Å². The Kier molecular flexibility index (Phi) is 2.72. The largest absolute Gasteiger partial charge is 0.390 e. The van der Waals surface area contributed by atoms with Crippen molar-refractivity contribution in [3.05, 3.63) is 29.3 Å². The molecule has 1 aliphatic heterocycles. The molecule has 0 saturated carbocycles. The zero-order valence-electron chi connectivity index (χ0n) is 9.71. The van der Waals surface area contributed by atoms with E-state index in [0.717, 1.165) is 24.1 Å². The summed E-state index contributed by atoms with van der Waals surface area (Å²) in [5, 5.41) is 12.5. The number of aliphatic hydroxyl groups is 1. The van der Waals surface area contributed by atoms with E-state index < -0.39 is 5.60 Å². The number of nitrogens with one attached hydrogen (secondary N) is 1. The zero-order chi connectivity index (χ0) is 11.8. The topological polar surface area (TPSA) is 49.3 Å². The van der Waals surface area contributed by atoms with Gasteiger partial charge in [0.1, 0.15) is 0 Å². The van der Waals surface area contributed by atoms with Crippen molar-refractivity contribution in [3.8, 4) is 0 Å². The van der Waals surface area contributed by atoms with Gasteiger partial charge in [0, 0.05) is 5.69 Å². The molecule has 0 unspecified atom stereocenters. The Morgan fingerprint density at radius 2 is 2.19 bits per heavy atom. The standard InChI is InChI=1S/C13H17NO2/c1-13(2,16)6-5-9-3-4-11-10(7-9)8-12(15)14-11/h3-4,7,16H,5-6,8H2,1-2H3,(H,14,15). The van der Waals surface area contributed by atoms with Crippen LogP contribution in [0.2, 0.25) is 0 Å². The molecule has 86 valence electrons. The van der Waals surface area contributed by atoms with Crippen LogP contribution >= 0.6 is 0 Å². The van der Waals surface area contributed by atoms with Crippen molar-refractivity contribution in [3.63, 3.8) is 0 Å². The second kappa shape index (κ2) is 3.91. The lowest BCUT2D eigenvalue weighted by Gasteiger charge is -2.16. The van der Waals surface area contributed by atoms with E-state index in [4.69, 9.17) is 0 Å². The maximum atomic E-state index is 11.2. The monoisotopic (exact) mass is 219 g/mol.